The van der Waals surface area contributed by atoms with E-state index in [4.69, 9.17) is 16.3 Å². The van der Waals surface area contributed by atoms with Crippen LogP contribution in [-0.4, -0.2) is 29.1 Å². The van der Waals surface area contributed by atoms with Crippen molar-refractivity contribution in [2.45, 2.75) is 25.9 Å². The van der Waals surface area contributed by atoms with E-state index in [-0.39, 0.29) is 5.91 Å². The Kier molecular flexibility index (Phi) is 5.85. The van der Waals surface area contributed by atoms with Crippen LogP contribution in [0.3, 0.4) is 0 Å². The van der Waals surface area contributed by atoms with Crippen molar-refractivity contribution in [1.29, 1.82) is 0 Å². The van der Waals surface area contributed by atoms with Gasteiger partial charge in [-0.25, -0.2) is 4.98 Å². The van der Waals surface area contributed by atoms with Crippen LogP contribution < -0.4 is 15.0 Å². The van der Waals surface area contributed by atoms with E-state index in [0.29, 0.717) is 47.4 Å². The first-order valence-corrected chi connectivity index (χ1v) is 10.6. The predicted octanol–water partition coefficient (Wildman–Crippen LogP) is 5.14. The minimum atomic E-state index is -0.898. The molecule has 4 rings (SSSR count). The number of para-hydroxylation sites is 1. The molecule has 1 atom stereocenters. The quantitative estimate of drug-likeness (QED) is 0.578. The summed E-state index contributed by atoms with van der Waals surface area (Å²) in [6.45, 7) is 4.68. The zero-order valence-electron chi connectivity index (χ0n) is 17.4. The van der Waals surface area contributed by atoms with Crippen LogP contribution in [0, 0.1) is 0 Å². The average molecular weight is 438 g/mol. The second-order valence-corrected chi connectivity index (χ2v) is 8.03. The van der Waals surface area contributed by atoms with Crippen LogP contribution in [0.4, 0.5) is 17.2 Å². The van der Waals surface area contributed by atoms with Gasteiger partial charge in [0, 0.05) is 11.9 Å². The van der Waals surface area contributed by atoms with E-state index in [2.05, 4.69) is 10.3 Å². The van der Waals surface area contributed by atoms with Gasteiger partial charge in [-0.2, -0.15) is 0 Å². The van der Waals surface area contributed by atoms with Crippen LogP contribution in [0.2, 0.25) is 5.02 Å². The number of nitrogens with zero attached hydrogens (tertiary/aromatic N) is 2. The van der Waals surface area contributed by atoms with Crippen molar-refractivity contribution in [2.24, 2.45) is 0 Å². The van der Waals surface area contributed by atoms with E-state index in [1.807, 2.05) is 36.1 Å². The minimum absolute atomic E-state index is 0.277. The molecule has 2 aromatic carbocycles. The lowest BCUT2D eigenvalue weighted by Crippen LogP contribution is -2.30. The second kappa shape index (κ2) is 8.57. The number of carbonyl (C=O) groups is 1. The lowest BCUT2D eigenvalue weighted by atomic mass is 9.93. The number of aromatic nitrogens is 1. The van der Waals surface area contributed by atoms with Gasteiger partial charge in [0.1, 0.15) is 6.61 Å². The summed E-state index contributed by atoms with van der Waals surface area (Å²) in [5, 5.41) is 13.8. The van der Waals surface area contributed by atoms with E-state index < -0.39 is 5.60 Å². The third-order valence-corrected chi connectivity index (χ3v) is 5.83. The summed E-state index contributed by atoms with van der Waals surface area (Å²) in [4.78, 5) is 19.4. The SMILES string of the molecule is CCC(C)(O)c1ccc(NC(=O)c2cccc3c2OCCN3c2ncccc2Cl)cc1. The van der Waals surface area contributed by atoms with Gasteiger partial charge < -0.3 is 20.1 Å². The number of carbonyl (C=O) groups excluding carboxylic acids is 1. The number of fused-ring (bicyclic) bond motifs is 1. The number of halogens is 1. The van der Waals surface area contributed by atoms with Crippen molar-refractivity contribution >= 4 is 34.7 Å². The van der Waals surface area contributed by atoms with E-state index in [1.54, 1.807) is 43.5 Å². The molecule has 0 spiro atoms. The lowest BCUT2D eigenvalue weighted by Gasteiger charge is -2.31. The highest BCUT2D eigenvalue weighted by molar-refractivity contribution is 6.33. The molecule has 3 aromatic rings. The maximum absolute atomic E-state index is 13.0. The fourth-order valence-corrected chi connectivity index (χ4v) is 3.76. The Morgan fingerprint density at radius 2 is 2.00 bits per heavy atom. The summed E-state index contributed by atoms with van der Waals surface area (Å²) < 4.78 is 5.88. The fourth-order valence-electron chi connectivity index (χ4n) is 3.54. The topological polar surface area (TPSA) is 74.7 Å². The third-order valence-electron chi connectivity index (χ3n) is 5.54. The Morgan fingerprint density at radius 1 is 1.23 bits per heavy atom. The average Bonchev–Trinajstić information content (AvgIpc) is 2.79. The number of pyridine rings is 1. The van der Waals surface area contributed by atoms with Gasteiger partial charge >= 0.3 is 0 Å². The first-order chi connectivity index (χ1) is 14.9. The number of anilines is 3. The van der Waals surface area contributed by atoms with Crippen LogP contribution in [0.1, 0.15) is 36.2 Å². The molecule has 1 amide bonds. The molecular formula is C24H24ClN3O3. The molecule has 7 heteroatoms. The number of nitrogens with one attached hydrogen (secondary N) is 1. The molecule has 1 unspecified atom stereocenters. The zero-order valence-corrected chi connectivity index (χ0v) is 18.2. The molecule has 31 heavy (non-hydrogen) atoms. The van der Waals surface area contributed by atoms with E-state index >= 15 is 0 Å². The monoisotopic (exact) mass is 437 g/mol. The number of rotatable bonds is 5. The summed E-state index contributed by atoms with van der Waals surface area (Å²) in [5.74, 6) is 0.851. The Hall–Kier alpha value is -3.09. The maximum atomic E-state index is 13.0. The Balaban J connectivity index is 1.61. The molecule has 0 fully saturated rings. The van der Waals surface area contributed by atoms with Crippen LogP contribution in [0.25, 0.3) is 0 Å². The summed E-state index contributed by atoms with van der Waals surface area (Å²) >= 11 is 6.35. The van der Waals surface area contributed by atoms with Crippen molar-refractivity contribution in [1.82, 2.24) is 4.98 Å². The van der Waals surface area contributed by atoms with Gasteiger partial charge in [0.2, 0.25) is 0 Å². The van der Waals surface area contributed by atoms with E-state index in [0.717, 1.165) is 11.3 Å². The molecule has 2 heterocycles. The van der Waals surface area contributed by atoms with Crippen LogP contribution in [0.15, 0.2) is 60.8 Å². The van der Waals surface area contributed by atoms with Gasteiger partial charge in [0.05, 0.1) is 28.4 Å². The highest BCUT2D eigenvalue weighted by atomic mass is 35.5. The first-order valence-electron chi connectivity index (χ1n) is 10.2. The summed E-state index contributed by atoms with van der Waals surface area (Å²) in [7, 11) is 0. The normalized spacial score (nSPS) is 14.9. The van der Waals surface area contributed by atoms with Crippen molar-refractivity contribution in [3.8, 4) is 5.75 Å². The molecule has 0 saturated carbocycles. The molecule has 6 nitrogen and oxygen atoms in total. The molecule has 0 aliphatic carbocycles. The van der Waals surface area contributed by atoms with Gasteiger partial charge in [-0.05, 0) is 55.3 Å². The molecule has 0 radical (unpaired) electrons. The van der Waals surface area contributed by atoms with E-state index in [9.17, 15) is 9.90 Å². The lowest BCUT2D eigenvalue weighted by molar-refractivity contribution is 0.0531. The largest absolute Gasteiger partial charge is 0.489 e. The number of hydrogen-bond acceptors (Lipinski definition) is 5. The molecule has 160 valence electrons. The minimum Gasteiger partial charge on any atom is -0.489 e. The molecule has 0 bridgehead atoms. The third kappa shape index (κ3) is 4.22. The van der Waals surface area contributed by atoms with Crippen LogP contribution >= 0.6 is 11.6 Å². The van der Waals surface area contributed by atoms with Crippen molar-refractivity contribution in [3.05, 3.63) is 76.9 Å². The number of hydrogen-bond donors (Lipinski definition) is 2. The summed E-state index contributed by atoms with van der Waals surface area (Å²) in [6.07, 6.45) is 2.29. The second-order valence-electron chi connectivity index (χ2n) is 7.62. The molecule has 1 aromatic heterocycles. The van der Waals surface area contributed by atoms with Crippen molar-refractivity contribution in [2.75, 3.05) is 23.4 Å². The summed E-state index contributed by atoms with van der Waals surface area (Å²) in [5.41, 5.74) is 1.72. The van der Waals surface area contributed by atoms with E-state index in [1.165, 1.54) is 0 Å². The smallest absolute Gasteiger partial charge is 0.259 e. The molecular weight excluding hydrogens is 414 g/mol. The first kappa shape index (κ1) is 21.2. The van der Waals surface area contributed by atoms with Gasteiger partial charge in [-0.15, -0.1) is 0 Å². The highest BCUT2D eigenvalue weighted by Crippen LogP contribution is 2.40. The number of ether oxygens (including phenoxy) is 1. The molecule has 1 aliphatic heterocycles. The van der Waals surface area contributed by atoms with Crippen molar-refractivity contribution < 1.29 is 14.6 Å². The predicted molar refractivity (Wildman–Crippen MR) is 122 cm³/mol. The molecule has 2 N–H and O–H groups in total. The van der Waals surface area contributed by atoms with Crippen LogP contribution in [0.5, 0.6) is 5.75 Å². The molecule has 1 aliphatic rings. The zero-order chi connectivity index (χ0) is 22.0. The number of amides is 1. The molecule has 0 saturated heterocycles. The standard InChI is InChI=1S/C24H24ClN3O3/c1-3-24(2,30)16-9-11-17(12-10-16)27-23(29)18-6-4-8-20-21(18)31-15-14-28(20)22-19(25)7-5-13-26-22/h4-13,30H,3,14-15H2,1-2H3,(H,27,29). The number of aliphatic hydroxyl groups is 1. The highest BCUT2D eigenvalue weighted by Gasteiger charge is 2.27. The van der Waals surface area contributed by atoms with Gasteiger partial charge in [0.25, 0.3) is 5.91 Å². The summed E-state index contributed by atoms with van der Waals surface area (Å²) in [6, 6.07) is 16.2. The van der Waals surface area contributed by atoms with Crippen molar-refractivity contribution in [3.63, 3.8) is 0 Å². The van der Waals surface area contributed by atoms with Crippen LogP contribution in [-0.2, 0) is 5.60 Å². The Bertz CT molecular complexity index is 1100. The van der Waals surface area contributed by atoms with Gasteiger partial charge in [-0.1, -0.05) is 36.7 Å². The fraction of sp³-hybridized carbons (Fsp3) is 0.250. The van der Waals surface area contributed by atoms with Gasteiger partial charge in [0.15, 0.2) is 11.6 Å². The maximum Gasteiger partial charge on any atom is 0.259 e. The Morgan fingerprint density at radius 3 is 2.71 bits per heavy atom. The Labute approximate surface area is 186 Å². The number of benzene rings is 2. The van der Waals surface area contributed by atoms with Gasteiger partial charge in [-0.3, -0.25) is 4.79 Å².